The number of anilines is 1. The number of fused-ring (bicyclic) bond motifs is 1. The molecule has 0 saturated carbocycles. The van der Waals surface area contributed by atoms with Gasteiger partial charge in [0.25, 0.3) is 0 Å². The van der Waals surface area contributed by atoms with Crippen LogP contribution < -0.4 is 5.32 Å². The third-order valence-corrected chi connectivity index (χ3v) is 4.02. The summed E-state index contributed by atoms with van der Waals surface area (Å²) in [6.45, 7) is 2.94. The lowest BCUT2D eigenvalue weighted by atomic mass is 10.1. The fourth-order valence-corrected chi connectivity index (χ4v) is 2.86. The minimum atomic E-state index is -0.857. The number of hydrogen-bond donors (Lipinski definition) is 2. The highest BCUT2D eigenvalue weighted by atomic mass is 79.9. The van der Waals surface area contributed by atoms with Crippen LogP contribution in [0.4, 0.5) is 10.6 Å². The molecule has 3 rings (SSSR count). The van der Waals surface area contributed by atoms with Gasteiger partial charge in [0.05, 0.1) is 0 Å². The minimum Gasteiger partial charge on any atom is -0.465 e. The first-order valence-electron chi connectivity index (χ1n) is 6.67. The highest BCUT2D eigenvalue weighted by Crippen LogP contribution is 2.21. The van der Waals surface area contributed by atoms with Gasteiger partial charge >= 0.3 is 6.09 Å². The maximum Gasteiger partial charge on any atom is 0.407 e. The van der Waals surface area contributed by atoms with E-state index < -0.39 is 6.09 Å². The van der Waals surface area contributed by atoms with Crippen LogP contribution in [0.5, 0.6) is 0 Å². The molecule has 9 heteroatoms. The van der Waals surface area contributed by atoms with Gasteiger partial charge in [0, 0.05) is 25.3 Å². The quantitative estimate of drug-likeness (QED) is 0.852. The van der Waals surface area contributed by atoms with E-state index in [1.807, 2.05) is 17.5 Å². The molecule has 1 aliphatic heterocycles. The molecule has 1 saturated heterocycles. The van der Waals surface area contributed by atoms with Crippen molar-refractivity contribution in [1.82, 2.24) is 24.5 Å². The number of piperidine rings is 1. The van der Waals surface area contributed by atoms with Crippen molar-refractivity contribution in [3.05, 3.63) is 16.6 Å². The lowest BCUT2D eigenvalue weighted by Crippen LogP contribution is -2.41. The zero-order valence-corrected chi connectivity index (χ0v) is 13.0. The van der Waals surface area contributed by atoms with Crippen molar-refractivity contribution in [2.45, 2.75) is 25.8 Å². The molecule has 3 heterocycles. The van der Waals surface area contributed by atoms with Gasteiger partial charge in [-0.2, -0.15) is 0 Å². The third kappa shape index (κ3) is 2.78. The molecule has 1 amide bonds. The lowest BCUT2D eigenvalue weighted by molar-refractivity contribution is 0.134. The van der Waals surface area contributed by atoms with Crippen LogP contribution in [0.2, 0.25) is 0 Å². The molecule has 0 atom stereocenters. The second kappa shape index (κ2) is 5.47. The van der Waals surface area contributed by atoms with Crippen LogP contribution in [0.3, 0.4) is 0 Å². The van der Waals surface area contributed by atoms with Crippen LogP contribution in [0.1, 0.15) is 18.7 Å². The largest absolute Gasteiger partial charge is 0.465 e. The van der Waals surface area contributed by atoms with E-state index >= 15 is 0 Å². The van der Waals surface area contributed by atoms with Gasteiger partial charge < -0.3 is 15.3 Å². The minimum absolute atomic E-state index is 0.184. The van der Waals surface area contributed by atoms with Crippen LogP contribution in [0.15, 0.2) is 10.8 Å². The van der Waals surface area contributed by atoms with Crippen LogP contribution in [0, 0.1) is 6.92 Å². The molecule has 0 bridgehead atoms. The summed E-state index contributed by atoms with van der Waals surface area (Å²) in [6.07, 6.45) is 2.46. The molecule has 2 aromatic heterocycles. The number of nitrogens with one attached hydrogen (secondary N) is 1. The van der Waals surface area contributed by atoms with E-state index in [2.05, 4.69) is 36.4 Å². The number of likely N-dealkylation sites (tertiary alicyclic amines) is 1. The highest BCUT2D eigenvalue weighted by molar-refractivity contribution is 9.10. The van der Waals surface area contributed by atoms with Crippen molar-refractivity contribution in [2.75, 3.05) is 18.4 Å². The first kappa shape index (κ1) is 14.1. The maximum atomic E-state index is 10.9. The predicted octanol–water partition coefficient (Wildman–Crippen LogP) is 1.75. The fraction of sp³-hybridized carbons (Fsp3) is 0.500. The Hall–Kier alpha value is -1.90. The Morgan fingerprint density at radius 2 is 2.14 bits per heavy atom. The Labute approximate surface area is 129 Å². The first-order valence-corrected chi connectivity index (χ1v) is 7.46. The molecule has 1 aliphatic rings. The molecule has 21 heavy (non-hydrogen) atoms. The third-order valence-electron chi connectivity index (χ3n) is 3.64. The number of amides is 1. The normalized spacial score (nSPS) is 16.4. The van der Waals surface area contributed by atoms with Crippen molar-refractivity contribution < 1.29 is 9.90 Å². The van der Waals surface area contributed by atoms with Crippen LogP contribution in [-0.4, -0.2) is 54.8 Å². The van der Waals surface area contributed by atoms with Gasteiger partial charge in [-0.25, -0.2) is 9.78 Å². The summed E-state index contributed by atoms with van der Waals surface area (Å²) in [5.74, 6) is 1.45. The molecule has 0 aliphatic carbocycles. The Kier molecular flexibility index (Phi) is 3.66. The van der Waals surface area contributed by atoms with Gasteiger partial charge in [0.1, 0.15) is 10.4 Å². The average Bonchev–Trinajstić information content (AvgIpc) is 2.81. The number of carboxylic acid groups (broad SMARTS) is 1. The number of aromatic nitrogens is 4. The molecule has 2 aromatic rings. The van der Waals surface area contributed by atoms with Crippen molar-refractivity contribution in [3.8, 4) is 0 Å². The summed E-state index contributed by atoms with van der Waals surface area (Å²) in [7, 11) is 0. The van der Waals surface area contributed by atoms with E-state index in [0.717, 1.165) is 18.7 Å². The summed E-state index contributed by atoms with van der Waals surface area (Å²) < 4.78 is 2.56. The summed E-state index contributed by atoms with van der Waals surface area (Å²) in [6, 6.07) is 0.184. The monoisotopic (exact) mass is 354 g/mol. The van der Waals surface area contributed by atoms with Crippen molar-refractivity contribution in [2.24, 2.45) is 0 Å². The van der Waals surface area contributed by atoms with Gasteiger partial charge in [-0.05, 0) is 35.7 Å². The summed E-state index contributed by atoms with van der Waals surface area (Å²) in [5.41, 5.74) is 0.677. The maximum absolute atomic E-state index is 10.9. The van der Waals surface area contributed by atoms with Crippen molar-refractivity contribution in [3.63, 3.8) is 0 Å². The number of carbonyl (C=O) groups is 1. The molecule has 112 valence electrons. The van der Waals surface area contributed by atoms with Crippen LogP contribution in [-0.2, 0) is 0 Å². The molecule has 1 fully saturated rings. The highest BCUT2D eigenvalue weighted by Gasteiger charge is 2.23. The van der Waals surface area contributed by atoms with E-state index in [0.29, 0.717) is 29.2 Å². The summed E-state index contributed by atoms with van der Waals surface area (Å²) in [4.78, 5) is 16.8. The van der Waals surface area contributed by atoms with Gasteiger partial charge in [-0.15, -0.1) is 10.2 Å². The zero-order valence-electron chi connectivity index (χ0n) is 11.5. The number of halogens is 1. The summed E-state index contributed by atoms with van der Waals surface area (Å²) in [5, 5.41) is 20.5. The van der Waals surface area contributed by atoms with E-state index in [1.165, 1.54) is 4.90 Å². The summed E-state index contributed by atoms with van der Waals surface area (Å²) >= 11 is 3.38. The van der Waals surface area contributed by atoms with Crippen molar-refractivity contribution in [1.29, 1.82) is 0 Å². The SMILES string of the molecule is Cc1nnc2c(NC3CCN(C(=O)O)CC3)nc(Br)cn12. The zero-order chi connectivity index (χ0) is 15.0. The van der Waals surface area contributed by atoms with Crippen LogP contribution >= 0.6 is 15.9 Å². The second-order valence-electron chi connectivity index (χ2n) is 5.04. The number of rotatable bonds is 2. The Bertz CT molecular complexity index is 680. The molecule has 2 N–H and O–H groups in total. The molecule has 8 nitrogen and oxygen atoms in total. The molecule has 0 unspecified atom stereocenters. The van der Waals surface area contributed by atoms with Crippen LogP contribution in [0.25, 0.3) is 5.65 Å². The van der Waals surface area contributed by atoms with Gasteiger partial charge in [-0.3, -0.25) is 4.40 Å². The number of nitrogens with zero attached hydrogens (tertiary/aromatic N) is 5. The van der Waals surface area contributed by atoms with E-state index in [1.54, 1.807) is 0 Å². The predicted molar refractivity (Wildman–Crippen MR) is 79.5 cm³/mol. The lowest BCUT2D eigenvalue weighted by Gasteiger charge is -2.30. The molecular formula is C12H15BrN6O2. The van der Waals surface area contributed by atoms with Gasteiger partial charge in [0.15, 0.2) is 5.82 Å². The molecule has 0 radical (unpaired) electrons. The Morgan fingerprint density at radius 1 is 1.43 bits per heavy atom. The van der Waals surface area contributed by atoms with E-state index in [-0.39, 0.29) is 6.04 Å². The molecule has 0 aromatic carbocycles. The first-order chi connectivity index (χ1) is 10.0. The fourth-order valence-electron chi connectivity index (χ4n) is 2.48. The van der Waals surface area contributed by atoms with Gasteiger partial charge in [0.2, 0.25) is 5.65 Å². The second-order valence-corrected chi connectivity index (χ2v) is 5.85. The standard InChI is InChI=1S/C12H15BrN6O2/c1-7-16-17-11-10(15-9(13)6-19(7)11)14-8-2-4-18(5-3-8)12(20)21/h6,8H,2-5H2,1H3,(H,14,15)(H,20,21). The van der Waals surface area contributed by atoms with Gasteiger partial charge in [-0.1, -0.05) is 0 Å². The topological polar surface area (TPSA) is 95.7 Å². The Morgan fingerprint density at radius 3 is 2.81 bits per heavy atom. The molecule has 0 spiro atoms. The number of aryl methyl sites for hydroxylation is 1. The van der Waals surface area contributed by atoms with E-state index in [9.17, 15) is 4.79 Å². The van der Waals surface area contributed by atoms with Crippen molar-refractivity contribution >= 4 is 33.5 Å². The van der Waals surface area contributed by atoms with E-state index in [4.69, 9.17) is 5.11 Å². The smallest absolute Gasteiger partial charge is 0.407 e. The number of hydrogen-bond acceptors (Lipinski definition) is 5. The average molecular weight is 355 g/mol. The Balaban J connectivity index is 1.78. The molecular weight excluding hydrogens is 340 g/mol.